The molecule has 0 aliphatic heterocycles. The molecule has 1 aromatic heterocycles. The SMILES string of the molecule is Cn1ncnc1C(C(=O)O)c1ccc(F)cc1. The maximum absolute atomic E-state index is 12.8. The number of carboxylic acids is 1. The van der Waals surface area contributed by atoms with Crippen LogP contribution in [0, 0.1) is 5.82 Å². The number of aliphatic carboxylic acids is 1. The summed E-state index contributed by atoms with van der Waals surface area (Å²) < 4.78 is 14.2. The molecule has 1 atom stereocenters. The zero-order valence-electron chi connectivity index (χ0n) is 9.04. The standard InChI is InChI=1S/C11H10FN3O2/c1-15-10(13-6-14-15)9(11(16)17)7-2-4-8(12)5-3-7/h2-6,9H,1H3,(H,16,17). The smallest absolute Gasteiger partial charge is 0.318 e. The Bertz CT molecular complexity index is 536. The number of rotatable bonds is 3. The minimum absolute atomic E-state index is 0.309. The van der Waals surface area contributed by atoms with E-state index < -0.39 is 17.7 Å². The Hall–Kier alpha value is -2.24. The third kappa shape index (κ3) is 2.15. The van der Waals surface area contributed by atoms with Gasteiger partial charge in [-0.2, -0.15) is 5.10 Å². The predicted octanol–water partition coefficient (Wildman–Crippen LogP) is 1.17. The van der Waals surface area contributed by atoms with Crippen molar-refractivity contribution in [2.45, 2.75) is 5.92 Å². The lowest BCUT2D eigenvalue weighted by atomic mass is 9.98. The van der Waals surface area contributed by atoms with Crippen molar-refractivity contribution >= 4 is 5.97 Å². The molecule has 0 fully saturated rings. The number of aromatic nitrogens is 3. The van der Waals surface area contributed by atoms with E-state index >= 15 is 0 Å². The van der Waals surface area contributed by atoms with Crippen LogP contribution in [0.1, 0.15) is 17.3 Å². The van der Waals surface area contributed by atoms with Gasteiger partial charge in [0.25, 0.3) is 0 Å². The summed E-state index contributed by atoms with van der Waals surface area (Å²) in [5.41, 5.74) is 0.468. The molecule has 5 nitrogen and oxygen atoms in total. The number of benzene rings is 1. The lowest BCUT2D eigenvalue weighted by molar-refractivity contribution is -0.137. The summed E-state index contributed by atoms with van der Waals surface area (Å²) in [6, 6.07) is 5.31. The van der Waals surface area contributed by atoms with Crippen LogP contribution in [0.25, 0.3) is 0 Å². The van der Waals surface area contributed by atoms with Gasteiger partial charge in [-0.3, -0.25) is 9.48 Å². The summed E-state index contributed by atoms with van der Waals surface area (Å²) in [6.07, 6.45) is 1.29. The molecule has 1 unspecified atom stereocenters. The van der Waals surface area contributed by atoms with Crippen LogP contribution in [0.4, 0.5) is 4.39 Å². The number of hydrogen-bond acceptors (Lipinski definition) is 3. The van der Waals surface area contributed by atoms with Gasteiger partial charge in [-0.25, -0.2) is 9.37 Å². The number of hydrogen-bond donors (Lipinski definition) is 1. The molecule has 88 valence electrons. The summed E-state index contributed by atoms with van der Waals surface area (Å²) in [7, 11) is 1.61. The second kappa shape index (κ2) is 4.32. The molecule has 1 heterocycles. The number of nitrogens with zero attached hydrogens (tertiary/aromatic N) is 3. The molecule has 0 aliphatic rings. The number of aryl methyl sites for hydroxylation is 1. The Labute approximate surface area is 96.5 Å². The minimum atomic E-state index is -1.05. The van der Waals surface area contributed by atoms with Crippen molar-refractivity contribution in [3.05, 3.63) is 47.8 Å². The molecular formula is C11H10FN3O2. The van der Waals surface area contributed by atoms with Crippen LogP contribution < -0.4 is 0 Å². The van der Waals surface area contributed by atoms with E-state index in [2.05, 4.69) is 10.1 Å². The fraction of sp³-hybridized carbons (Fsp3) is 0.182. The highest BCUT2D eigenvalue weighted by Gasteiger charge is 2.26. The van der Waals surface area contributed by atoms with Gasteiger partial charge in [0.15, 0.2) is 0 Å². The van der Waals surface area contributed by atoms with E-state index in [0.717, 1.165) is 0 Å². The van der Waals surface area contributed by atoms with E-state index in [1.807, 2.05) is 0 Å². The molecule has 2 aromatic rings. The fourth-order valence-electron chi connectivity index (χ4n) is 1.62. The first-order chi connectivity index (χ1) is 8.09. The Morgan fingerprint density at radius 1 is 1.41 bits per heavy atom. The number of carboxylic acid groups (broad SMARTS) is 1. The summed E-state index contributed by atoms with van der Waals surface area (Å²) in [4.78, 5) is 15.2. The molecular weight excluding hydrogens is 225 g/mol. The third-order valence-corrected chi connectivity index (χ3v) is 2.45. The van der Waals surface area contributed by atoms with Gasteiger partial charge in [-0.15, -0.1) is 0 Å². The normalized spacial score (nSPS) is 12.4. The zero-order chi connectivity index (χ0) is 12.4. The summed E-state index contributed by atoms with van der Waals surface area (Å²) in [6.45, 7) is 0. The van der Waals surface area contributed by atoms with Crippen LogP contribution in [0.5, 0.6) is 0 Å². The highest BCUT2D eigenvalue weighted by Crippen LogP contribution is 2.22. The van der Waals surface area contributed by atoms with Crippen molar-refractivity contribution in [1.82, 2.24) is 14.8 Å². The van der Waals surface area contributed by atoms with Crippen molar-refractivity contribution < 1.29 is 14.3 Å². The molecule has 0 aliphatic carbocycles. The Morgan fingerprint density at radius 2 is 2.06 bits per heavy atom. The zero-order valence-corrected chi connectivity index (χ0v) is 9.04. The summed E-state index contributed by atoms with van der Waals surface area (Å²) >= 11 is 0. The monoisotopic (exact) mass is 235 g/mol. The van der Waals surface area contributed by atoms with Gasteiger partial charge in [-0.1, -0.05) is 12.1 Å². The van der Waals surface area contributed by atoms with Crippen LogP contribution in [0.15, 0.2) is 30.6 Å². The molecule has 0 amide bonds. The first kappa shape index (κ1) is 11.3. The van der Waals surface area contributed by atoms with Gasteiger partial charge in [0.1, 0.15) is 23.9 Å². The highest BCUT2D eigenvalue weighted by atomic mass is 19.1. The second-order valence-electron chi connectivity index (χ2n) is 3.56. The van der Waals surface area contributed by atoms with Gasteiger partial charge < -0.3 is 5.11 Å². The molecule has 0 saturated carbocycles. The van der Waals surface area contributed by atoms with E-state index in [4.69, 9.17) is 0 Å². The van der Waals surface area contributed by atoms with E-state index in [1.54, 1.807) is 7.05 Å². The van der Waals surface area contributed by atoms with Crippen molar-refractivity contribution in [3.8, 4) is 0 Å². The molecule has 2 rings (SSSR count). The molecule has 1 N–H and O–H groups in total. The summed E-state index contributed by atoms with van der Waals surface area (Å²) in [5.74, 6) is -2.09. The van der Waals surface area contributed by atoms with Crippen molar-refractivity contribution in [1.29, 1.82) is 0 Å². The minimum Gasteiger partial charge on any atom is -0.480 e. The largest absolute Gasteiger partial charge is 0.480 e. The first-order valence-corrected chi connectivity index (χ1v) is 4.91. The van der Waals surface area contributed by atoms with Crippen LogP contribution in [0.3, 0.4) is 0 Å². The Balaban J connectivity index is 2.47. The maximum atomic E-state index is 12.8. The van der Waals surface area contributed by atoms with E-state index in [-0.39, 0.29) is 0 Å². The quantitative estimate of drug-likeness (QED) is 0.867. The topological polar surface area (TPSA) is 68.0 Å². The van der Waals surface area contributed by atoms with Crippen LogP contribution in [0.2, 0.25) is 0 Å². The average molecular weight is 235 g/mol. The molecule has 6 heteroatoms. The van der Waals surface area contributed by atoms with Crippen LogP contribution in [-0.4, -0.2) is 25.8 Å². The van der Waals surface area contributed by atoms with Crippen molar-refractivity contribution in [2.75, 3.05) is 0 Å². The molecule has 0 bridgehead atoms. The highest BCUT2D eigenvalue weighted by molar-refractivity contribution is 5.79. The van der Waals surface area contributed by atoms with Crippen LogP contribution in [-0.2, 0) is 11.8 Å². The van der Waals surface area contributed by atoms with E-state index in [1.165, 1.54) is 35.3 Å². The molecule has 1 aromatic carbocycles. The maximum Gasteiger partial charge on any atom is 0.318 e. The second-order valence-corrected chi connectivity index (χ2v) is 3.56. The number of halogens is 1. The first-order valence-electron chi connectivity index (χ1n) is 4.91. The Morgan fingerprint density at radius 3 is 2.53 bits per heavy atom. The van der Waals surface area contributed by atoms with Gasteiger partial charge in [0.05, 0.1) is 0 Å². The van der Waals surface area contributed by atoms with Gasteiger partial charge >= 0.3 is 5.97 Å². The Kier molecular flexibility index (Phi) is 2.86. The molecule has 0 saturated heterocycles. The lowest BCUT2D eigenvalue weighted by Crippen LogP contribution is -2.17. The van der Waals surface area contributed by atoms with Crippen molar-refractivity contribution in [2.24, 2.45) is 7.05 Å². The van der Waals surface area contributed by atoms with Gasteiger partial charge in [0, 0.05) is 7.05 Å². The number of carbonyl (C=O) groups is 1. The third-order valence-electron chi connectivity index (χ3n) is 2.45. The predicted molar refractivity (Wildman–Crippen MR) is 56.9 cm³/mol. The average Bonchev–Trinajstić information content (AvgIpc) is 2.68. The van der Waals surface area contributed by atoms with E-state index in [9.17, 15) is 14.3 Å². The van der Waals surface area contributed by atoms with Gasteiger partial charge in [0.2, 0.25) is 0 Å². The molecule has 0 radical (unpaired) electrons. The van der Waals surface area contributed by atoms with E-state index in [0.29, 0.717) is 11.4 Å². The fourth-order valence-corrected chi connectivity index (χ4v) is 1.62. The van der Waals surface area contributed by atoms with Crippen molar-refractivity contribution in [3.63, 3.8) is 0 Å². The van der Waals surface area contributed by atoms with Crippen LogP contribution >= 0.6 is 0 Å². The lowest BCUT2D eigenvalue weighted by Gasteiger charge is -2.11. The molecule has 17 heavy (non-hydrogen) atoms. The molecule has 0 spiro atoms. The summed E-state index contributed by atoms with van der Waals surface area (Å²) in [5, 5.41) is 13.0. The van der Waals surface area contributed by atoms with Gasteiger partial charge in [-0.05, 0) is 17.7 Å².